The van der Waals surface area contributed by atoms with E-state index in [4.69, 9.17) is 4.74 Å². The molecule has 0 unspecified atom stereocenters. The molecule has 2 atom stereocenters. The van der Waals surface area contributed by atoms with E-state index in [1.54, 1.807) is 25.3 Å². The predicted molar refractivity (Wildman–Crippen MR) is 85.5 cm³/mol. The van der Waals surface area contributed by atoms with Crippen molar-refractivity contribution in [2.24, 2.45) is 5.92 Å². The Morgan fingerprint density at radius 2 is 2.04 bits per heavy atom. The lowest BCUT2D eigenvalue weighted by molar-refractivity contribution is -0.142. The van der Waals surface area contributed by atoms with E-state index in [9.17, 15) is 18.3 Å². The average Bonchev–Trinajstić information content (AvgIpc) is 2.73. The van der Waals surface area contributed by atoms with E-state index in [-0.39, 0.29) is 4.90 Å². The minimum atomic E-state index is -3.75. The Kier molecular flexibility index (Phi) is 6.15. The second-order valence-corrected chi connectivity index (χ2v) is 7.60. The molecule has 1 aliphatic rings. The quantitative estimate of drug-likeness (QED) is 0.773. The Morgan fingerprint density at radius 1 is 1.30 bits per heavy atom. The molecule has 128 valence electrons. The largest absolute Gasteiger partial charge is 0.481 e. The van der Waals surface area contributed by atoms with E-state index in [1.165, 1.54) is 6.07 Å². The molecule has 1 saturated carbocycles. The normalized spacial score (nSPS) is 22.5. The van der Waals surface area contributed by atoms with Crippen molar-refractivity contribution in [2.75, 3.05) is 7.11 Å². The molecule has 0 aromatic heterocycles. The smallest absolute Gasteiger partial charge is 0.308 e. The van der Waals surface area contributed by atoms with Gasteiger partial charge in [0.1, 0.15) is 0 Å². The number of nitrogens with one attached hydrogen (secondary N) is 1. The van der Waals surface area contributed by atoms with Crippen LogP contribution >= 0.6 is 0 Å². The Bertz CT molecular complexity index is 644. The van der Waals surface area contributed by atoms with Gasteiger partial charge in [-0.2, -0.15) is 0 Å². The SMILES string of the molecule is COCc1cccc(S(=O)(=O)N[C@@H]2CCCCC[C@@H]2C(=O)O)c1. The highest BCUT2D eigenvalue weighted by Gasteiger charge is 2.32. The van der Waals surface area contributed by atoms with Gasteiger partial charge in [-0.1, -0.05) is 31.4 Å². The zero-order chi connectivity index (χ0) is 16.9. The summed E-state index contributed by atoms with van der Waals surface area (Å²) in [5, 5.41) is 9.36. The van der Waals surface area contributed by atoms with Crippen molar-refractivity contribution < 1.29 is 23.1 Å². The van der Waals surface area contributed by atoms with Gasteiger partial charge in [0.15, 0.2) is 0 Å². The number of rotatable bonds is 6. The molecule has 0 saturated heterocycles. The number of carboxylic acids is 1. The number of methoxy groups -OCH3 is 1. The van der Waals surface area contributed by atoms with Gasteiger partial charge in [-0.3, -0.25) is 4.79 Å². The standard InChI is InChI=1S/C16H23NO5S/c1-22-11-12-6-5-7-13(10-12)23(20,21)17-15-9-4-2-3-8-14(15)16(18)19/h5-7,10,14-15,17H,2-4,8-9,11H2,1H3,(H,18,19)/t14-,15+/m0/s1. The van der Waals surface area contributed by atoms with Crippen LogP contribution in [0, 0.1) is 5.92 Å². The van der Waals surface area contributed by atoms with Gasteiger partial charge >= 0.3 is 5.97 Å². The van der Waals surface area contributed by atoms with Crippen molar-refractivity contribution in [2.45, 2.75) is 49.6 Å². The molecule has 23 heavy (non-hydrogen) atoms. The summed E-state index contributed by atoms with van der Waals surface area (Å²) in [7, 11) is -2.21. The van der Waals surface area contributed by atoms with Crippen LogP contribution in [0.4, 0.5) is 0 Å². The van der Waals surface area contributed by atoms with Crippen molar-refractivity contribution in [3.63, 3.8) is 0 Å². The highest BCUT2D eigenvalue weighted by atomic mass is 32.2. The monoisotopic (exact) mass is 341 g/mol. The summed E-state index contributed by atoms with van der Waals surface area (Å²) in [6.07, 6.45) is 3.64. The highest BCUT2D eigenvalue weighted by Crippen LogP contribution is 2.25. The first-order valence-corrected chi connectivity index (χ1v) is 9.25. The summed E-state index contributed by atoms with van der Waals surface area (Å²) < 4.78 is 32.8. The van der Waals surface area contributed by atoms with Crippen LogP contribution in [0.1, 0.15) is 37.7 Å². The van der Waals surface area contributed by atoms with Crippen LogP contribution in [0.5, 0.6) is 0 Å². The number of ether oxygens (including phenoxy) is 1. The minimum Gasteiger partial charge on any atom is -0.481 e. The lowest BCUT2D eigenvalue weighted by Gasteiger charge is -2.22. The van der Waals surface area contributed by atoms with Gasteiger partial charge in [-0.05, 0) is 30.5 Å². The van der Waals surface area contributed by atoms with Gasteiger partial charge in [0, 0.05) is 13.2 Å². The van der Waals surface area contributed by atoms with Crippen molar-refractivity contribution in [3.05, 3.63) is 29.8 Å². The molecule has 1 aliphatic carbocycles. The number of carboxylic acid groups (broad SMARTS) is 1. The van der Waals surface area contributed by atoms with Crippen LogP contribution in [0.3, 0.4) is 0 Å². The second kappa shape index (κ2) is 7.90. The van der Waals surface area contributed by atoms with Gasteiger partial charge in [0.05, 0.1) is 17.4 Å². The number of sulfonamides is 1. The fourth-order valence-electron chi connectivity index (χ4n) is 2.98. The van der Waals surface area contributed by atoms with Gasteiger partial charge in [0.25, 0.3) is 0 Å². The molecule has 1 aromatic carbocycles. The maximum absolute atomic E-state index is 12.6. The highest BCUT2D eigenvalue weighted by molar-refractivity contribution is 7.89. The molecule has 6 nitrogen and oxygen atoms in total. The summed E-state index contributed by atoms with van der Waals surface area (Å²) in [4.78, 5) is 11.6. The lowest BCUT2D eigenvalue weighted by Crippen LogP contribution is -2.42. The van der Waals surface area contributed by atoms with E-state index >= 15 is 0 Å². The van der Waals surface area contributed by atoms with E-state index in [0.29, 0.717) is 19.4 Å². The van der Waals surface area contributed by atoms with Crippen molar-refractivity contribution in [3.8, 4) is 0 Å². The molecular formula is C16H23NO5S. The minimum absolute atomic E-state index is 0.139. The van der Waals surface area contributed by atoms with Gasteiger partial charge in [0.2, 0.25) is 10.0 Å². The zero-order valence-electron chi connectivity index (χ0n) is 13.2. The molecule has 2 N–H and O–H groups in total. The third-order valence-corrected chi connectivity index (χ3v) is 5.65. The van der Waals surface area contributed by atoms with Crippen LogP contribution in [0.25, 0.3) is 0 Å². The van der Waals surface area contributed by atoms with E-state index in [2.05, 4.69) is 4.72 Å². The van der Waals surface area contributed by atoms with Crippen molar-refractivity contribution in [1.82, 2.24) is 4.72 Å². The number of benzene rings is 1. The van der Waals surface area contributed by atoms with Crippen molar-refractivity contribution in [1.29, 1.82) is 0 Å². The predicted octanol–water partition coefficient (Wildman–Crippen LogP) is 2.14. The number of aliphatic carboxylic acids is 1. The maximum atomic E-state index is 12.6. The van der Waals surface area contributed by atoms with Crippen LogP contribution in [0.2, 0.25) is 0 Å². The van der Waals surface area contributed by atoms with Crippen LogP contribution < -0.4 is 4.72 Å². The molecule has 2 rings (SSSR count). The number of carbonyl (C=O) groups is 1. The summed E-state index contributed by atoms with van der Waals surface area (Å²) in [6.45, 7) is 0.324. The Hall–Kier alpha value is -1.44. The van der Waals surface area contributed by atoms with E-state index in [1.807, 2.05) is 0 Å². The van der Waals surface area contributed by atoms with E-state index < -0.39 is 28.0 Å². The van der Waals surface area contributed by atoms with Crippen molar-refractivity contribution >= 4 is 16.0 Å². The zero-order valence-corrected chi connectivity index (χ0v) is 14.0. The van der Waals surface area contributed by atoms with Crippen LogP contribution in [-0.2, 0) is 26.2 Å². The second-order valence-electron chi connectivity index (χ2n) is 5.89. The molecule has 0 aliphatic heterocycles. The molecule has 1 aromatic rings. The number of hydrogen-bond acceptors (Lipinski definition) is 4. The lowest BCUT2D eigenvalue weighted by atomic mass is 9.96. The molecule has 0 heterocycles. The molecular weight excluding hydrogens is 318 g/mol. The molecule has 0 bridgehead atoms. The third kappa shape index (κ3) is 4.76. The average molecular weight is 341 g/mol. The molecule has 0 radical (unpaired) electrons. The van der Waals surface area contributed by atoms with E-state index in [0.717, 1.165) is 24.8 Å². The van der Waals surface area contributed by atoms with Gasteiger partial charge in [-0.25, -0.2) is 13.1 Å². The molecule has 0 amide bonds. The number of hydrogen-bond donors (Lipinski definition) is 2. The fraction of sp³-hybridized carbons (Fsp3) is 0.562. The Labute approximate surface area is 136 Å². The summed E-state index contributed by atoms with van der Waals surface area (Å²) in [6, 6.07) is 5.94. The van der Waals surface area contributed by atoms with Gasteiger partial charge < -0.3 is 9.84 Å². The summed E-state index contributed by atoms with van der Waals surface area (Å²) >= 11 is 0. The summed E-state index contributed by atoms with van der Waals surface area (Å²) in [5.41, 5.74) is 0.756. The molecule has 7 heteroatoms. The maximum Gasteiger partial charge on any atom is 0.308 e. The first-order valence-electron chi connectivity index (χ1n) is 7.77. The first kappa shape index (κ1) is 17.9. The third-order valence-electron chi connectivity index (χ3n) is 4.16. The topological polar surface area (TPSA) is 92.7 Å². The van der Waals surface area contributed by atoms with Crippen LogP contribution in [0.15, 0.2) is 29.2 Å². The Morgan fingerprint density at radius 3 is 2.74 bits per heavy atom. The fourth-order valence-corrected chi connectivity index (χ4v) is 4.36. The molecule has 1 fully saturated rings. The molecule has 0 spiro atoms. The van der Waals surface area contributed by atoms with Gasteiger partial charge in [-0.15, -0.1) is 0 Å². The van der Waals surface area contributed by atoms with Crippen LogP contribution in [-0.4, -0.2) is 32.6 Å². The Balaban J connectivity index is 2.21. The summed E-state index contributed by atoms with van der Waals surface area (Å²) in [5.74, 6) is -1.61. The first-order chi connectivity index (χ1) is 10.9.